The summed E-state index contributed by atoms with van der Waals surface area (Å²) < 4.78 is 6.97. The van der Waals surface area contributed by atoms with Crippen molar-refractivity contribution in [3.8, 4) is 45.3 Å². The van der Waals surface area contributed by atoms with Gasteiger partial charge in [-0.3, -0.25) is 0 Å². The van der Waals surface area contributed by atoms with Gasteiger partial charge < -0.3 is 9.32 Å². The van der Waals surface area contributed by atoms with Crippen molar-refractivity contribution in [2.45, 2.75) is 0 Å². The molecule has 0 amide bonds. The van der Waals surface area contributed by atoms with Crippen LogP contribution in [0.2, 0.25) is 0 Å². The predicted molar refractivity (Wildman–Crippen MR) is 221 cm³/mol. The van der Waals surface area contributed by atoms with E-state index < -0.39 is 0 Å². The van der Waals surface area contributed by atoms with Crippen molar-refractivity contribution in [2.75, 3.05) is 4.90 Å². The SMILES string of the molecule is c1ccc(-c2nc(-c3ccccc3)nc(-c3cccc4c3oc3c5ccccc5cc(-c5ccc(N(c6ccccc6)c6ccccc6)cc5)c43)n2)cc1. The Hall–Kier alpha value is -7.37. The molecule has 5 heteroatoms. The fraction of sp³-hybridized carbons (Fsp3) is 0. The van der Waals surface area contributed by atoms with Crippen molar-refractivity contribution in [1.82, 2.24) is 15.0 Å². The van der Waals surface area contributed by atoms with E-state index in [0.29, 0.717) is 17.5 Å². The Kier molecular flexibility index (Phi) is 7.73. The molecule has 0 fully saturated rings. The first-order valence-electron chi connectivity index (χ1n) is 18.0. The first kappa shape index (κ1) is 31.4. The molecule has 0 aliphatic rings. The average molecular weight is 693 g/mol. The van der Waals surface area contributed by atoms with E-state index in [1.165, 1.54) is 0 Å². The number of rotatable bonds is 7. The lowest BCUT2D eigenvalue weighted by Crippen LogP contribution is -2.09. The molecule has 0 radical (unpaired) electrons. The molecule has 2 heterocycles. The molecular formula is C49H32N4O. The molecular weight excluding hydrogens is 661 g/mol. The Morgan fingerprint density at radius 3 is 1.46 bits per heavy atom. The zero-order valence-electron chi connectivity index (χ0n) is 29.2. The Labute approximate surface area is 312 Å². The number of aromatic nitrogens is 3. The minimum atomic E-state index is 0.560. The molecule has 0 aliphatic carbocycles. The van der Waals surface area contributed by atoms with Gasteiger partial charge in [-0.05, 0) is 65.0 Å². The maximum atomic E-state index is 6.97. The zero-order valence-corrected chi connectivity index (χ0v) is 29.2. The Balaban J connectivity index is 1.17. The van der Waals surface area contributed by atoms with Crippen molar-refractivity contribution in [3.05, 3.63) is 194 Å². The summed E-state index contributed by atoms with van der Waals surface area (Å²) in [5.41, 5.74) is 9.71. The molecule has 0 unspecified atom stereocenters. The van der Waals surface area contributed by atoms with Gasteiger partial charge in [0.1, 0.15) is 11.2 Å². The van der Waals surface area contributed by atoms with Crippen molar-refractivity contribution in [2.24, 2.45) is 0 Å². The molecule has 0 bridgehead atoms. The topological polar surface area (TPSA) is 55.1 Å². The number of nitrogens with zero attached hydrogens (tertiary/aromatic N) is 4. The van der Waals surface area contributed by atoms with E-state index in [2.05, 4.69) is 120 Å². The molecule has 0 saturated heterocycles. The standard InChI is InChI=1S/C49H32N4O/c1-5-16-34(17-6-1)47-50-48(35-18-7-2-8-19-35)52-49(51-47)42-27-15-26-41-44-43(32-36-20-13-14-25-40(36)46(44)54-45(41)42)33-28-30-39(31-29-33)53(37-21-9-3-10-22-37)38-23-11-4-12-24-38/h1-32H. The Morgan fingerprint density at radius 1 is 0.352 bits per heavy atom. The molecule has 5 nitrogen and oxygen atoms in total. The highest BCUT2D eigenvalue weighted by molar-refractivity contribution is 6.22. The van der Waals surface area contributed by atoms with Crippen LogP contribution >= 0.6 is 0 Å². The molecule has 54 heavy (non-hydrogen) atoms. The van der Waals surface area contributed by atoms with Crippen molar-refractivity contribution >= 4 is 49.8 Å². The molecule has 10 aromatic rings. The van der Waals surface area contributed by atoms with Gasteiger partial charge in [0.05, 0.1) is 5.56 Å². The number of hydrogen-bond donors (Lipinski definition) is 0. The van der Waals surface area contributed by atoms with Crippen LogP contribution in [0.15, 0.2) is 199 Å². The highest BCUT2D eigenvalue weighted by atomic mass is 16.3. The van der Waals surface area contributed by atoms with Gasteiger partial charge in [-0.2, -0.15) is 0 Å². The van der Waals surface area contributed by atoms with Crippen molar-refractivity contribution in [1.29, 1.82) is 0 Å². The van der Waals surface area contributed by atoms with Crippen LogP contribution < -0.4 is 4.90 Å². The van der Waals surface area contributed by atoms with Crippen LogP contribution in [0, 0.1) is 0 Å². The van der Waals surface area contributed by atoms with E-state index in [-0.39, 0.29) is 0 Å². The highest BCUT2D eigenvalue weighted by Crippen LogP contribution is 2.44. The monoisotopic (exact) mass is 692 g/mol. The number of furan rings is 1. The van der Waals surface area contributed by atoms with Crippen LogP contribution in [-0.4, -0.2) is 15.0 Å². The molecule has 0 aliphatic heterocycles. The van der Waals surface area contributed by atoms with Gasteiger partial charge in [-0.25, -0.2) is 15.0 Å². The largest absolute Gasteiger partial charge is 0.455 e. The van der Waals surface area contributed by atoms with Gasteiger partial charge in [0, 0.05) is 44.3 Å². The third-order valence-corrected chi connectivity index (χ3v) is 9.90. The van der Waals surface area contributed by atoms with Gasteiger partial charge in [-0.1, -0.05) is 146 Å². The van der Waals surface area contributed by atoms with Gasteiger partial charge >= 0.3 is 0 Å². The summed E-state index contributed by atoms with van der Waals surface area (Å²) in [6.45, 7) is 0. The second-order valence-corrected chi connectivity index (χ2v) is 13.2. The smallest absolute Gasteiger partial charge is 0.167 e. The molecule has 2 aromatic heterocycles. The number of hydrogen-bond acceptors (Lipinski definition) is 5. The van der Waals surface area contributed by atoms with E-state index in [9.17, 15) is 0 Å². The first-order valence-corrected chi connectivity index (χ1v) is 18.0. The van der Waals surface area contributed by atoms with Crippen molar-refractivity contribution < 1.29 is 4.42 Å². The van der Waals surface area contributed by atoms with E-state index in [1.54, 1.807) is 0 Å². The molecule has 0 N–H and O–H groups in total. The van der Waals surface area contributed by atoms with Crippen LogP contribution in [0.5, 0.6) is 0 Å². The third kappa shape index (κ3) is 5.56. The normalized spacial score (nSPS) is 11.3. The zero-order chi connectivity index (χ0) is 35.8. The van der Waals surface area contributed by atoms with Gasteiger partial charge in [-0.15, -0.1) is 0 Å². The summed E-state index contributed by atoms with van der Waals surface area (Å²) in [5.74, 6) is 1.78. The lowest BCUT2D eigenvalue weighted by molar-refractivity contribution is 0.673. The van der Waals surface area contributed by atoms with Gasteiger partial charge in [0.2, 0.25) is 0 Å². The Morgan fingerprint density at radius 2 is 0.852 bits per heavy atom. The second-order valence-electron chi connectivity index (χ2n) is 13.2. The summed E-state index contributed by atoms with van der Waals surface area (Å²) >= 11 is 0. The van der Waals surface area contributed by atoms with E-state index in [4.69, 9.17) is 19.4 Å². The lowest BCUT2D eigenvalue weighted by atomic mass is 9.94. The summed E-state index contributed by atoms with van der Waals surface area (Å²) in [7, 11) is 0. The molecule has 254 valence electrons. The van der Waals surface area contributed by atoms with Crippen LogP contribution in [0.25, 0.3) is 78.0 Å². The Bertz CT molecular complexity index is 2810. The first-order chi connectivity index (χ1) is 26.8. The van der Waals surface area contributed by atoms with Gasteiger partial charge in [0.25, 0.3) is 0 Å². The number of anilines is 3. The number of fused-ring (bicyclic) bond motifs is 5. The molecule has 0 saturated carbocycles. The maximum absolute atomic E-state index is 6.97. The number of benzene rings is 8. The minimum Gasteiger partial charge on any atom is -0.455 e. The minimum absolute atomic E-state index is 0.560. The summed E-state index contributed by atoms with van der Waals surface area (Å²) in [5, 5.41) is 4.23. The average Bonchev–Trinajstić information content (AvgIpc) is 3.65. The summed E-state index contributed by atoms with van der Waals surface area (Å²) in [4.78, 5) is 17.3. The lowest BCUT2D eigenvalue weighted by Gasteiger charge is -2.25. The van der Waals surface area contributed by atoms with Crippen LogP contribution in [0.1, 0.15) is 0 Å². The fourth-order valence-electron chi connectivity index (χ4n) is 7.36. The van der Waals surface area contributed by atoms with E-state index in [0.717, 1.165) is 77.6 Å². The second kappa shape index (κ2) is 13.3. The third-order valence-electron chi connectivity index (χ3n) is 9.90. The van der Waals surface area contributed by atoms with Crippen LogP contribution in [0.3, 0.4) is 0 Å². The molecule has 0 atom stereocenters. The molecule has 0 spiro atoms. The molecule has 8 aromatic carbocycles. The van der Waals surface area contributed by atoms with Crippen LogP contribution in [-0.2, 0) is 0 Å². The van der Waals surface area contributed by atoms with Gasteiger partial charge in [0.15, 0.2) is 17.5 Å². The summed E-state index contributed by atoms with van der Waals surface area (Å²) in [6.07, 6.45) is 0. The number of para-hydroxylation sites is 3. The highest BCUT2D eigenvalue weighted by Gasteiger charge is 2.22. The quantitative estimate of drug-likeness (QED) is 0.166. The summed E-state index contributed by atoms with van der Waals surface area (Å²) in [6, 6.07) is 66.8. The van der Waals surface area contributed by atoms with E-state index in [1.807, 2.05) is 78.9 Å². The maximum Gasteiger partial charge on any atom is 0.167 e. The van der Waals surface area contributed by atoms with Crippen LogP contribution in [0.4, 0.5) is 17.1 Å². The fourth-order valence-corrected chi connectivity index (χ4v) is 7.36. The molecule has 10 rings (SSSR count). The van der Waals surface area contributed by atoms with Crippen molar-refractivity contribution in [3.63, 3.8) is 0 Å². The predicted octanol–water partition coefficient (Wildman–Crippen LogP) is 13.1. The van der Waals surface area contributed by atoms with E-state index >= 15 is 0 Å².